The highest BCUT2D eigenvalue weighted by atomic mass is 16.5. The minimum atomic E-state index is 0.268. The fourth-order valence-corrected chi connectivity index (χ4v) is 5.84. The Kier molecular flexibility index (Phi) is 11.8. The second kappa shape index (κ2) is 14.5. The molecule has 1 aromatic carbocycles. The SMILES string of the molecule is C=CC(Cc1ccc(C(C)C)c(COCCCCC(=C)NC(C)C2CC2)c1)C[C@@](C)(CCC(C)C)C1=C[CH]1. The molecular weight excluding hydrogens is 462 g/mol. The largest absolute Gasteiger partial charge is 0.386 e. The topological polar surface area (TPSA) is 21.3 Å². The molecule has 0 heterocycles. The van der Waals surface area contributed by atoms with Crippen LogP contribution in [0.4, 0.5) is 0 Å². The number of rotatable bonds is 20. The van der Waals surface area contributed by atoms with Crippen molar-refractivity contribution < 1.29 is 4.74 Å². The molecule has 0 bridgehead atoms. The number of hydrogen-bond acceptors (Lipinski definition) is 2. The molecule has 0 amide bonds. The third-order valence-electron chi connectivity index (χ3n) is 8.71. The van der Waals surface area contributed by atoms with Crippen molar-refractivity contribution in [1.29, 1.82) is 0 Å². The molecule has 2 heteroatoms. The summed E-state index contributed by atoms with van der Waals surface area (Å²) in [4.78, 5) is 0. The Morgan fingerprint density at radius 2 is 1.89 bits per heavy atom. The summed E-state index contributed by atoms with van der Waals surface area (Å²) >= 11 is 0. The van der Waals surface area contributed by atoms with E-state index >= 15 is 0 Å². The van der Waals surface area contributed by atoms with E-state index in [-0.39, 0.29) is 5.41 Å². The Morgan fingerprint density at radius 1 is 1.16 bits per heavy atom. The number of benzene rings is 1. The molecule has 3 atom stereocenters. The summed E-state index contributed by atoms with van der Waals surface area (Å²) in [7, 11) is 0. The molecule has 1 aromatic rings. The second-order valence-corrected chi connectivity index (χ2v) is 13.3. The number of hydrogen-bond donors (Lipinski definition) is 1. The lowest BCUT2D eigenvalue weighted by Gasteiger charge is -2.32. The zero-order valence-electron chi connectivity index (χ0n) is 25.5. The Bertz CT molecular complexity index is 937. The summed E-state index contributed by atoms with van der Waals surface area (Å²) in [6.45, 7) is 24.0. The van der Waals surface area contributed by atoms with Crippen LogP contribution in [0.3, 0.4) is 0 Å². The van der Waals surface area contributed by atoms with Gasteiger partial charge in [-0.25, -0.2) is 0 Å². The van der Waals surface area contributed by atoms with Crippen LogP contribution in [0.25, 0.3) is 0 Å². The normalized spacial score (nSPS) is 18.2. The third-order valence-corrected chi connectivity index (χ3v) is 8.71. The van der Waals surface area contributed by atoms with Crippen LogP contribution in [0.2, 0.25) is 0 Å². The molecule has 2 unspecified atom stereocenters. The van der Waals surface area contributed by atoms with Crippen molar-refractivity contribution in [3.63, 3.8) is 0 Å². The van der Waals surface area contributed by atoms with E-state index in [1.165, 1.54) is 54.5 Å². The average molecular weight is 519 g/mol. The molecule has 0 saturated heterocycles. The molecule has 2 aliphatic rings. The van der Waals surface area contributed by atoms with Crippen LogP contribution < -0.4 is 5.32 Å². The minimum absolute atomic E-state index is 0.268. The van der Waals surface area contributed by atoms with Crippen molar-refractivity contribution in [2.75, 3.05) is 6.61 Å². The van der Waals surface area contributed by atoms with Crippen LogP contribution in [0.5, 0.6) is 0 Å². The van der Waals surface area contributed by atoms with Gasteiger partial charge in [-0.05, 0) is 104 Å². The maximum absolute atomic E-state index is 6.20. The van der Waals surface area contributed by atoms with Gasteiger partial charge >= 0.3 is 0 Å². The van der Waals surface area contributed by atoms with Crippen LogP contribution in [0, 0.1) is 29.6 Å². The van der Waals surface area contributed by atoms with E-state index in [0.29, 0.717) is 24.5 Å². The molecule has 0 aromatic heterocycles. The van der Waals surface area contributed by atoms with Gasteiger partial charge in [0.2, 0.25) is 0 Å². The van der Waals surface area contributed by atoms with Crippen molar-refractivity contribution in [3.05, 3.63) is 77.9 Å². The molecule has 1 fully saturated rings. The maximum Gasteiger partial charge on any atom is 0.0719 e. The van der Waals surface area contributed by atoms with E-state index in [4.69, 9.17) is 4.74 Å². The number of allylic oxidation sites excluding steroid dienone is 4. The molecule has 0 spiro atoms. The molecule has 1 radical (unpaired) electrons. The van der Waals surface area contributed by atoms with Crippen molar-refractivity contribution >= 4 is 0 Å². The van der Waals surface area contributed by atoms with Gasteiger partial charge in [0.15, 0.2) is 0 Å². The minimum Gasteiger partial charge on any atom is -0.386 e. The Balaban J connectivity index is 1.50. The van der Waals surface area contributed by atoms with Gasteiger partial charge in [0.25, 0.3) is 0 Å². The highest BCUT2D eigenvalue weighted by Crippen LogP contribution is 2.47. The monoisotopic (exact) mass is 518 g/mol. The van der Waals surface area contributed by atoms with Crippen LogP contribution in [-0.4, -0.2) is 12.6 Å². The fourth-order valence-electron chi connectivity index (χ4n) is 5.84. The molecule has 211 valence electrons. The van der Waals surface area contributed by atoms with Gasteiger partial charge in [-0.1, -0.05) is 83.5 Å². The van der Waals surface area contributed by atoms with Gasteiger partial charge < -0.3 is 10.1 Å². The molecule has 1 N–H and O–H groups in total. The smallest absolute Gasteiger partial charge is 0.0719 e. The number of nitrogens with one attached hydrogen (secondary N) is 1. The first-order chi connectivity index (χ1) is 18.1. The summed E-state index contributed by atoms with van der Waals surface area (Å²) in [5, 5.41) is 3.59. The summed E-state index contributed by atoms with van der Waals surface area (Å²) in [5.41, 5.74) is 7.17. The van der Waals surface area contributed by atoms with Crippen LogP contribution in [-0.2, 0) is 17.8 Å². The zero-order chi connectivity index (χ0) is 27.7. The summed E-state index contributed by atoms with van der Waals surface area (Å²) < 4.78 is 6.20. The Hall–Kier alpha value is -1.80. The van der Waals surface area contributed by atoms with Gasteiger partial charge in [0.05, 0.1) is 6.61 Å². The average Bonchev–Trinajstić information content (AvgIpc) is 3.77. The lowest BCUT2D eigenvalue weighted by molar-refractivity contribution is 0.116. The molecule has 1 saturated carbocycles. The maximum atomic E-state index is 6.20. The first-order valence-electron chi connectivity index (χ1n) is 15.4. The van der Waals surface area contributed by atoms with Crippen molar-refractivity contribution in [3.8, 4) is 0 Å². The van der Waals surface area contributed by atoms with E-state index in [9.17, 15) is 0 Å². The molecular formula is C36H56NO. The van der Waals surface area contributed by atoms with Gasteiger partial charge in [-0.2, -0.15) is 0 Å². The van der Waals surface area contributed by atoms with E-state index in [2.05, 4.69) is 96.8 Å². The summed E-state index contributed by atoms with van der Waals surface area (Å²) in [6, 6.07) is 7.67. The van der Waals surface area contributed by atoms with Crippen LogP contribution >= 0.6 is 0 Å². The summed E-state index contributed by atoms with van der Waals surface area (Å²) in [5.74, 6) is 2.59. The predicted molar refractivity (Wildman–Crippen MR) is 165 cm³/mol. The van der Waals surface area contributed by atoms with E-state index in [0.717, 1.165) is 44.1 Å². The van der Waals surface area contributed by atoms with Gasteiger partial charge in [0, 0.05) is 24.8 Å². The predicted octanol–water partition coefficient (Wildman–Crippen LogP) is 9.72. The quantitative estimate of drug-likeness (QED) is 0.137. The lowest BCUT2D eigenvalue weighted by atomic mass is 9.73. The molecule has 0 aliphatic heterocycles. The first-order valence-corrected chi connectivity index (χ1v) is 15.4. The van der Waals surface area contributed by atoms with Crippen LogP contribution in [0.15, 0.2) is 54.8 Å². The second-order valence-electron chi connectivity index (χ2n) is 13.3. The fraction of sp³-hybridized carbons (Fsp3) is 0.639. The van der Waals surface area contributed by atoms with Gasteiger partial charge in [-0.15, -0.1) is 6.58 Å². The first kappa shape index (κ1) is 30.7. The lowest BCUT2D eigenvalue weighted by Crippen LogP contribution is -2.26. The molecule has 2 aliphatic carbocycles. The van der Waals surface area contributed by atoms with Crippen molar-refractivity contribution in [1.82, 2.24) is 5.32 Å². The number of ether oxygens (including phenoxy) is 1. The molecule has 3 rings (SSSR count). The van der Waals surface area contributed by atoms with Crippen molar-refractivity contribution in [2.45, 2.75) is 118 Å². The third kappa shape index (κ3) is 10.1. The zero-order valence-corrected chi connectivity index (χ0v) is 25.5. The molecule has 2 nitrogen and oxygen atoms in total. The van der Waals surface area contributed by atoms with Crippen LogP contribution in [0.1, 0.15) is 116 Å². The van der Waals surface area contributed by atoms with E-state index < -0.39 is 0 Å². The van der Waals surface area contributed by atoms with E-state index in [1.807, 2.05) is 0 Å². The Morgan fingerprint density at radius 3 is 2.50 bits per heavy atom. The standard InChI is InChI=1S/C36H56NO/c1-9-30(24-36(8,34-16-17-34)20-19-26(2)3)22-31-13-18-35(27(4)5)33(23-31)25-38-21-11-10-12-28(6)37-29(7)32-14-15-32/h9,13,16-18,23,26-27,29-30,32,37H,1,6,10-12,14-15,19-22,24-25H2,2-5,7-8H3/t29?,30?,36-/m1/s1. The Labute approximate surface area is 235 Å². The van der Waals surface area contributed by atoms with Crippen molar-refractivity contribution in [2.24, 2.45) is 23.2 Å². The number of unbranched alkanes of at least 4 members (excludes halogenated alkanes) is 1. The summed E-state index contributed by atoms with van der Waals surface area (Å²) in [6.07, 6.45) is 17.6. The van der Waals surface area contributed by atoms with Gasteiger partial charge in [-0.3, -0.25) is 0 Å². The van der Waals surface area contributed by atoms with Gasteiger partial charge in [0.1, 0.15) is 0 Å². The molecule has 38 heavy (non-hydrogen) atoms. The highest BCUT2D eigenvalue weighted by Gasteiger charge is 2.35. The van der Waals surface area contributed by atoms with E-state index in [1.54, 1.807) is 5.57 Å². The highest BCUT2D eigenvalue weighted by molar-refractivity contribution is 5.44.